The van der Waals surface area contributed by atoms with Crippen LogP contribution in [0.5, 0.6) is 0 Å². The number of hydrogen-bond acceptors (Lipinski definition) is 3. The van der Waals surface area contributed by atoms with Crippen molar-refractivity contribution in [3.8, 4) is 0 Å². The first-order valence-corrected chi connectivity index (χ1v) is 8.79. The molecule has 1 heterocycles. The Kier molecular flexibility index (Phi) is 10.1. The molecule has 0 saturated carbocycles. The summed E-state index contributed by atoms with van der Waals surface area (Å²) >= 11 is 0. The summed E-state index contributed by atoms with van der Waals surface area (Å²) in [6.45, 7) is 4.07. The standard InChI is InChI=1S/C18H34N2O/c1-3-4-5-6-7-8-9-10-11-12-13-14-18-19-15-16-20(18)17(2)21/h11-12,15-19,21H,3-10,13-14H2,1-2H3/b12-11+. The molecule has 21 heavy (non-hydrogen) atoms. The Bertz CT molecular complexity index is 300. The van der Waals surface area contributed by atoms with Gasteiger partial charge in [0.15, 0.2) is 0 Å². The van der Waals surface area contributed by atoms with E-state index in [9.17, 15) is 5.11 Å². The Morgan fingerprint density at radius 2 is 1.76 bits per heavy atom. The summed E-state index contributed by atoms with van der Waals surface area (Å²) < 4.78 is 0. The third kappa shape index (κ3) is 8.15. The molecule has 122 valence electrons. The number of aliphatic hydroxyl groups is 1. The predicted octanol–water partition coefficient (Wildman–Crippen LogP) is 4.50. The van der Waals surface area contributed by atoms with Crippen molar-refractivity contribution < 1.29 is 5.11 Å². The van der Waals surface area contributed by atoms with Crippen LogP contribution in [-0.2, 0) is 0 Å². The molecule has 2 unspecified atom stereocenters. The Hall–Kier alpha value is -0.960. The van der Waals surface area contributed by atoms with Crippen LogP contribution in [0.4, 0.5) is 0 Å². The van der Waals surface area contributed by atoms with Crippen LogP contribution in [0.25, 0.3) is 0 Å². The van der Waals surface area contributed by atoms with Gasteiger partial charge in [-0.25, -0.2) is 0 Å². The van der Waals surface area contributed by atoms with E-state index >= 15 is 0 Å². The molecule has 1 aliphatic heterocycles. The molecule has 0 spiro atoms. The lowest BCUT2D eigenvalue weighted by molar-refractivity contribution is 0.0264. The highest BCUT2D eigenvalue weighted by molar-refractivity contribution is 4.95. The first kappa shape index (κ1) is 18.1. The molecule has 0 aromatic heterocycles. The molecule has 2 N–H and O–H groups in total. The quantitative estimate of drug-likeness (QED) is 0.411. The molecule has 0 aliphatic carbocycles. The first-order valence-electron chi connectivity index (χ1n) is 8.79. The lowest BCUT2D eigenvalue weighted by atomic mass is 10.1. The number of nitrogens with one attached hydrogen (secondary N) is 1. The highest BCUT2D eigenvalue weighted by Crippen LogP contribution is 2.14. The maximum absolute atomic E-state index is 9.62. The van der Waals surface area contributed by atoms with Gasteiger partial charge in [-0.3, -0.25) is 0 Å². The number of hydrogen-bond donors (Lipinski definition) is 2. The lowest BCUT2D eigenvalue weighted by Gasteiger charge is -2.27. The summed E-state index contributed by atoms with van der Waals surface area (Å²) in [6.07, 6.45) is 21.2. The van der Waals surface area contributed by atoms with Gasteiger partial charge in [-0.2, -0.15) is 0 Å². The van der Waals surface area contributed by atoms with Gasteiger partial charge in [0.05, 0.1) is 0 Å². The second-order valence-corrected chi connectivity index (χ2v) is 6.04. The van der Waals surface area contributed by atoms with Gasteiger partial charge < -0.3 is 15.3 Å². The minimum absolute atomic E-state index is 0.244. The molecule has 2 atom stereocenters. The molecule has 3 nitrogen and oxygen atoms in total. The van der Waals surface area contributed by atoms with E-state index in [4.69, 9.17) is 0 Å². The van der Waals surface area contributed by atoms with E-state index in [1.807, 2.05) is 17.3 Å². The normalized spacial score (nSPS) is 19.4. The van der Waals surface area contributed by atoms with E-state index in [0.717, 1.165) is 12.8 Å². The van der Waals surface area contributed by atoms with Crippen molar-refractivity contribution in [2.24, 2.45) is 0 Å². The molecular formula is C18H34N2O. The van der Waals surface area contributed by atoms with Crippen LogP contribution < -0.4 is 5.32 Å². The third-order valence-electron chi connectivity index (χ3n) is 4.07. The van der Waals surface area contributed by atoms with Crippen LogP contribution in [0.1, 0.15) is 78.1 Å². The van der Waals surface area contributed by atoms with Crippen LogP contribution in [-0.4, -0.2) is 22.4 Å². The largest absolute Gasteiger partial charge is 0.374 e. The molecular weight excluding hydrogens is 260 g/mol. The van der Waals surface area contributed by atoms with Gasteiger partial charge in [0.1, 0.15) is 12.4 Å². The second kappa shape index (κ2) is 11.7. The van der Waals surface area contributed by atoms with Crippen molar-refractivity contribution in [2.45, 2.75) is 90.4 Å². The van der Waals surface area contributed by atoms with Gasteiger partial charge in [-0.1, -0.05) is 57.6 Å². The Morgan fingerprint density at radius 3 is 2.48 bits per heavy atom. The maximum Gasteiger partial charge on any atom is 0.125 e. The Labute approximate surface area is 131 Å². The van der Waals surface area contributed by atoms with Gasteiger partial charge in [-0.05, 0) is 32.6 Å². The second-order valence-electron chi connectivity index (χ2n) is 6.04. The van der Waals surface area contributed by atoms with Crippen molar-refractivity contribution in [1.29, 1.82) is 0 Å². The number of rotatable bonds is 12. The molecule has 0 amide bonds. The van der Waals surface area contributed by atoms with Crippen LogP contribution in [0.3, 0.4) is 0 Å². The molecule has 1 rings (SSSR count). The molecule has 0 radical (unpaired) electrons. The topological polar surface area (TPSA) is 35.5 Å². The van der Waals surface area contributed by atoms with Gasteiger partial charge in [0, 0.05) is 12.4 Å². The fourth-order valence-corrected chi connectivity index (χ4v) is 2.76. The lowest BCUT2D eigenvalue weighted by Crippen LogP contribution is -2.40. The Morgan fingerprint density at radius 1 is 1.10 bits per heavy atom. The van der Waals surface area contributed by atoms with Crippen molar-refractivity contribution in [2.75, 3.05) is 0 Å². The van der Waals surface area contributed by atoms with Crippen molar-refractivity contribution in [3.63, 3.8) is 0 Å². The molecule has 0 bridgehead atoms. The van der Waals surface area contributed by atoms with E-state index in [-0.39, 0.29) is 6.17 Å². The summed E-state index contributed by atoms with van der Waals surface area (Å²) in [4.78, 5) is 1.96. The fourth-order valence-electron chi connectivity index (χ4n) is 2.76. The van der Waals surface area contributed by atoms with E-state index in [0.29, 0.717) is 0 Å². The summed E-state index contributed by atoms with van der Waals surface area (Å²) in [5, 5.41) is 12.9. The zero-order chi connectivity index (χ0) is 15.3. The van der Waals surface area contributed by atoms with Crippen LogP contribution >= 0.6 is 0 Å². The number of allylic oxidation sites excluding steroid dienone is 2. The summed E-state index contributed by atoms with van der Waals surface area (Å²) in [5.41, 5.74) is 0. The zero-order valence-corrected chi connectivity index (χ0v) is 13.9. The minimum atomic E-state index is -0.419. The average molecular weight is 294 g/mol. The highest BCUT2D eigenvalue weighted by atomic mass is 16.3. The molecule has 0 aromatic carbocycles. The number of aliphatic hydroxyl groups excluding tert-OH is 1. The summed E-state index contributed by atoms with van der Waals surface area (Å²) in [6, 6.07) is 0. The van der Waals surface area contributed by atoms with Gasteiger partial charge >= 0.3 is 0 Å². The van der Waals surface area contributed by atoms with E-state index < -0.39 is 6.23 Å². The average Bonchev–Trinajstić information content (AvgIpc) is 2.93. The fraction of sp³-hybridized carbons (Fsp3) is 0.778. The summed E-state index contributed by atoms with van der Waals surface area (Å²) in [7, 11) is 0. The molecule has 0 aromatic rings. The molecule has 0 fully saturated rings. The van der Waals surface area contributed by atoms with Crippen LogP contribution in [0.15, 0.2) is 24.6 Å². The summed E-state index contributed by atoms with van der Waals surface area (Å²) in [5.74, 6) is 0. The highest BCUT2D eigenvalue weighted by Gasteiger charge is 2.20. The Balaban J connectivity index is 1.93. The van der Waals surface area contributed by atoms with E-state index in [2.05, 4.69) is 24.4 Å². The molecule has 1 aliphatic rings. The smallest absolute Gasteiger partial charge is 0.125 e. The molecule has 0 saturated heterocycles. The van der Waals surface area contributed by atoms with Gasteiger partial charge in [-0.15, -0.1) is 0 Å². The van der Waals surface area contributed by atoms with E-state index in [1.165, 1.54) is 51.4 Å². The minimum Gasteiger partial charge on any atom is -0.374 e. The maximum atomic E-state index is 9.62. The van der Waals surface area contributed by atoms with Crippen molar-refractivity contribution >= 4 is 0 Å². The van der Waals surface area contributed by atoms with Gasteiger partial charge in [0.25, 0.3) is 0 Å². The van der Waals surface area contributed by atoms with Crippen LogP contribution in [0, 0.1) is 0 Å². The van der Waals surface area contributed by atoms with Crippen molar-refractivity contribution in [1.82, 2.24) is 10.2 Å². The first-order chi connectivity index (χ1) is 10.3. The number of nitrogens with zero attached hydrogens (tertiary/aromatic N) is 1. The predicted molar refractivity (Wildman–Crippen MR) is 90.6 cm³/mol. The third-order valence-corrected chi connectivity index (χ3v) is 4.07. The molecule has 3 heteroatoms. The van der Waals surface area contributed by atoms with Crippen molar-refractivity contribution in [3.05, 3.63) is 24.6 Å². The number of unbranched alkanes of at least 4 members (excludes halogenated alkanes) is 7. The monoisotopic (exact) mass is 294 g/mol. The SMILES string of the molecule is CCCCCCCCC/C=C/CCC1NC=CN1C(C)O. The van der Waals surface area contributed by atoms with E-state index in [1.54, 1.807) is 6.92 Å². The van der Waals surface area contributed by atoms with Crippen LogP contribution in [0.2, 0.25) is 0 Å². The zero-order valence-electron chi connectivity index (χ0n) is 13.9. The van der Waals surface area contributed by atoms with Gasteiger partial charge in [0.2, 0.25) is 0 Å².